The molecule has 0 aliphatic rings. The Hall–Kier alpha value is -0.150. The van der Waals surface area contributed by atoms with Crippen molar-refractivity contribution in [1.82, 2.24) is 0 Å². The zero-order valence-electron chi connectivity index (χ0n) is 7.63. The molecule has 3 heteroatoms. The largest absolute Gasteiger partial charge is 0.492 e. The van der Waals surface area contributed by atoms with Gasteiger partial charge in [-0.1, -0.05) is 28.1 Å². The quantitative estimate of drug-likeness (QED) is 0.455. The van der Waals surface area contributed by atoms with Crippen molar-refractivity contribution in [1.29, 1.82) is 0 Å². The minimum atomic E-state index is 0.781. The minimum absolute atomic E-state index is 0.781. The summed E-state index contributed by atoms with van der Waals surface area (Å²) < 4.78 is 5.62. The SMILES string of the molecule is CSc1ccccc1OCCCBr. The van der Waals surface area contributed by atoms with Gasteiger partial charge in [-0.2, -0.15) is 0 Å². The Kier molecular flexibility index (Phi) is 5.32. The second kappa shape index (κ2) is 6.33. The van der Waals surface area contributed by atoms with Gasteiger partial charge in [-0.25, -0.2) is 0 Å². The lowest BCUT2D eigenvalue weighted by Gasteiger charge is -2.08. The van der Waals surface area contributed by atoms with Gasteiger partial charge in [-0.3, -0.25) is 0 Å². The van der Waals surface area contributed by atoms with Crippen LogP contribution in [0.4, 0.5) is 0 Å². The predicted molar refractivity (Wildman–Crippen MR) is 62.1 cm³/mol. The number of hydrogen-bond acceptors (Lipinski definition) is 2. The van der Waals surface area contributed by atoms with Crippen molar-refractivity contribution in [2.75, 3.05) is 18.2 Å². The van der Waals surface area contributed by atoms with Crippen molar-refractivity contribution in [2.24, 2.45) is 0 Å². The van der Waals surface area contributed by atoms with Crippen molar-refractivity contribution in [3.8, 4) is 5.75 Å². The van der Waals surface area contributed by atoms with Crippen molar-refractivity contribution >= 4 is 27.7 Å². The van der Waals surface area contributed by atoms with Gasteiger partial charge in [0.1, 0.15) is 5.75 Å². The first-order valence-corrected chi connectivity index (χ1v) is 6.55. The highest BCUT2D eigenvalue weighted by Crippen LogP contribution is 2.26. The first kappa shape index (κ1) is 10.9. The fraction of sp³-hybridized carbons (Fsp3) is 0.400. The maximum atomic E-state index is 5.62. The summed E-state index contributed by atoms with van der Waals surface area (Å²) in [4.78, 5) is 1.21. The molecule has 0 aliphatic carbocycles. The Morgan fingerprint density at radius 2 is 2.15 bits per heavy atom. The molecule has 0 N–H and O–H groups in total. The van der Waals surface area contributed by atoms with E-state index >= 15 is 0 Å². The van der Waals surface area contributed by atoms with Gasteiger partial charge in [0.25, 0.3) is 0 Å². The lowest BCUT2D eigenvalue weighted by Crippen LogP contribution is -1.98. The van der Waals surface area contributed by atoms with E-state index < -0.39 is 0 Å². The summed E-state index contributed by atoms with van der Waals surface area (Å²) in [6.45, 7) is 0.781. The molecule has 1 rings (SSSR count). The topological polar surface area (TPSA) is 9.23 Å². The molecule has 0 heterocycles. The molecular weight excluding hydrogens is 248 g/mol. The third kappa shape index (κ3) is 3.61. The van der Waals surface area contributed by atoms with Gasteiger partial charge in [0.05, 0.1) is 6.61 Å². The smallest absolute Gasteiger partial charge is 0.132 e. The lowest BCUT2D eigenvalue weighted by atomic mass is 10.3. The molecule has 1 nitrogen and oxygen atoms in total. The predicted octanol–water partition coefficient (Wildman–Crippen LogP) is 3.57. The maximum absolute atomic E-state index is 5.62. The second-order valence-electron chi connectivity index (χ2n) is 2.54. The molecule has 0 aromatic heterocycles. The van der Waals surface area contributed by atoms with Crippen molar-refractivity contribution in [3.63, 3.8) is 0 Å². The normalized spacial score (nSPS) is 10.0. The number of ether oxygens (including phenoxy) is 1. The Morgan fingerprint density at radius 3 is 2.85 bits per heavy atom. The Morgan fingerprint density at radius 1 is 1.38 bits per heavy atom. The highest BCUT2D eigenvalue weighted by molar-refractivity contribution is 9.09. The van der Waals surface area contributed by atoms with Crippen LogP contribution in [0.5, 0.6) is 5.75 Å². The van der Waals surface area contributed by atoms with Crippen LogP contribution in [-0.4, -0.2) is 18.2 Å². The van der Waals surface area contributed by atoms with E-state index in [-0.39, 0.29) is 0 Å². The number of thioether (sulfide) groups is 1. The number of benzene rings is 1. The van der Waals surface area contributed by atoms with Crippen LogP contribution in [0.2, 0.25) is 0 Å². The number of hydrogen-bond donors (Lipinski definition) is 0. The third-order valence-electron chi connectivity index (χ3n) is 1.60. The molecule has 0 fully saturated rings. The number of para-hydroxylation sites is 1. The molecular formula is C10H13BrOS. The van der Waals surface area contributed by atoms with Crippen LogP contribution in [0.1, 0.15) is 6.42 Å². The highest BCUT2D eigenvalue weighted by atomic mass is 79.9. The minimum Gasteiger partial charge on any atom is -0.492 e. The third-order valence-corrected chi connectivity index (χ3v) is 2.94. The molecule has 0 radical (unpaired) electrons. The molecule has 72 valence electrons. The highest BCUT2D eigenvalue weighted by Gasteiger charge is 1.99. The number of rotatable bonds is 5. The molecule has 0 saturated heterocycles. The van der Waals surface area contributed by atoms with Gasteiger partial charge in [0.15, 0.2) is 0 Å². The van der Waals surface area contributed by atoms with Gasteiger partial charge < -0.3 is 4.74 Å². The van der Waals surface area contributed by atoms with Crippen LogP contribution >= 0.6 is 27.7 Å². The first-order valence-electron chi connectivity index (χ1n) is 4.20. The molecule has 1 aromatic rings. The van der Waals surface area contributed by atoms with Crippen LogP contribution in [-0.2, 0) is 0 Å². The molecule has 0 unspecified atom stereocenters. The van der Waals surface area contributed by atoms with Gasteiger partial charge in [0, 0.05) is 10.2 Å². The summed E-state index contributed by atoms with van der Waals surface area (Å²) in [6, 6.07) is 8.13. The van der Waals surface area contributed by atoms with E-state index in [0.717, 1.165) is 24.1 Å². The average molecular weight is 261 g/mol. The standard InChI is InChI=1S/C10H13BrOS/c1-13-10-6-3-2-5-9(10)12-8-4-7-11/h2-3,5-6H,4,7-8H2,1H3. The van der Waals surface area contributed by atoms with E-state index in [1.54, 1.807) is 11.8 Å². The van der Waals surface area contributed by atoms with Gasteiger partial charge >= 0.3 is 0 Å². The Labute approximate surface area is 92.0 Å². The van der Waals surface area contributed by atoms with Crippen molar-refractivity contribution in [2.45, 2.75) is 11.3 Å². The number of halogens is 1. The molecule has 0 amide bonds. The number of alkyl halides is 1. The summed E-state index contributed by atoms with van der Waals surface area (Å²) in [6.07, 6.45) is 3.11. The monoisotopic (exact) mass is 260 g/mol. The first-order chi connectivity index (χ1) is 6.38. The van der Waals surface area contributed by atoms with Crippen molar-refractivity contribution in [3.05, 3.63) is 24.3 Å². The van der Waals surface area contributed by atoms with E-state index in [2.05, 4.69) is 28.3 Å². The van der Waals surface area contributed by atoms with E-state index in [1.165, 1.54) is 4.90 Å². The summed E-state index contributed by atoms with van der Waals surface area (Å²) >= 11 is 5.09. The summed E-state index contributed by atoms with van der Waals surface area (Å²) in [5, 5.41) is 0.994. The molecule has 0 spiro atoms. The fourth-order valence-corrected chi connectivity index (χ4v) is 1.75. The lowest BCUT2D eigenvalue weighted by molar-refractivity contribution is 0.312. The summed E-state index contributed by atoms with van der Waals surface area (Å²) in [7, 11) is 0. The molecule has 13 heavy (non-hydrogen) atoms. The van der Waals surface area contributed by atoms with E-state index in [9.17, 15) is 0 Å². The van der Waals surface area contributed by atoms with Gasteiger partial charge in [-0.15, -0.1) is 11.8 Å². The molecule has 0 atom stereocenters. The van der Waals surface area contributed by atoms with Crippen LogP contribution in [0, 0.1) is 0 Å². The van der Waals surface area contributed by atoms with Gasteiger partial charge in [0.2, 0.25) is 0 Å². The Balaban J connectivity index is 2.54. The maximum Gasteiger partial charge on any atom is 0.132 e. The molecule has 0 saturated carbocycles. The zero-order valence-corrected chi connectivity index (χ0v) is 10.0. The van der Waals surface area contributed by atoms with Crippen LogP contribution in [0.3, 0.4) is 0 Å². The molecule has 0 aliphatic heterocycles. The molecule has 1 aromatic carbocycles. The van der Waals surface area contributed by atoms with E-state index in [0.29, 0.717) is 0 Å². The Bertz CT molecular complexity index is 252. The van der Waals surface area contributed by atoms with Gasteiger partial charge in [-0.05, 0) is 24.8 Å². The van der Waals surface area contributed by atoms with Crippen LogP contribution < -0.4 is 4.74 Å². The summed E-state index contributed by atoms with van der Waals surface area (Å²) in [5.74, 6) is 0.996. The van der Waals surface area contributed by atoms with E-state index in [4.69, 9.17) is 4.74 Å². The second-order valence-corrected chi connectivity index (χ2v) is 4.18. The fourth-order valence-electron chi connectivity index (χ4n) is 0.975. The zero-order chi connectivity index (χ0) is 9.52. The average Bonchev–Trinajstić information content (AvgIpc) is 2.19. The molecule has 0 bridgehead atoms. The summed E-state index contributed by atoms with van der Waals surface area (Å²) in [5.41, 5.74) is 0. The van der Waals surface area contributed by atoms with Crippen LogP contribution in [0.25, 0.3) is 0 Å². The van der Waals surface area contributed by atoms with Crippen LogP contribution in [0.15, 0.2) is 29.2 Å². The van der Waals surface area contributed by atoms with E-state index in [1.807, 2.05) is 18.2 Å². The van der Waals surface area contributed by atoms with Crippen molar-refractivity contribution < 1.29 is 4.74 Å².